The summed E-state index contributed by atoms with van der Waals surface area (Å²) in [4.78, 5) is 0. The van der Waals surface area contributed by atoms with Gasteiger partial charge in [-0.1, -0.05) is 46.3 Å². The van der Waals surface area contributed by atoms with Crippen molar-refractivity contribution in [2.45, 2.75) is 0 Å². The van der Waals surface area contributed by atoms with Gasteiger partial charge in [-0.2, -0.15) is 5.10 Å². The third-order valence-electron chi connectivity index (χ3n) is 5.11. The molecule has 5 aromatic rings. The third kappa shape index (κ3) is 4.27. The van der Waals surface area contributed by atoms with E-state index in [0.717, 1.165) is 32.6 Å². The molecule has 10 heteroatoms. The first-order valence-corrected chi connectivity index (χ1v) is 10.5. The number of imidazole rings is 1. The minimum absolute atomic E-state index is 0.981. The van der Waals surface area contributed by atoms with Gasteiger partial charge < -0.3 is 17.3 Å². The zero-order valence-corrected chi connectivity index (χ0v) is 18.8. The molecule has 0 amide bonds. The van der Waals surface area contributed by atoms with E-state index in [9.17, 15) is 17.3 Å². The second kappa shape index (κ2) is 8.42. The van der Waals surface area contributed by atoms with E-state index in [-0.39, 0.29) is 0 Å². The number of nitrogens with zero attached hydrogens (tertiary/aromatic N) is 4. The van der Waals surface area contributed by atoms with Gasteiger partial charge in [-0.05, 0) is 42.5 Å². The summed E-state index contributed by atoms with van der Waals surface area (Å²) in [6.45, 7) is 0. The lowest BCUT2D eigenvalue weighted by atomic mass is 10.2. The molecule has 0 aliphatic heterocycles. The van der Waals surface area contributed by atoms with Crippen LogP contribution in [0.3, 0.4) is 0 Å². The van der Waals surface area contributed by atoms with Gasteiger partial charge in [-0.15, -0.1) is 0 Å². The maximum atomic E-state index is 9.75. The number of fused-ring (bicyclic) bond motifs is 2. The summed E-state index contributed by atoms with van der Waals surface area (Å²) in [7, 11) is -1.80. The summed E-state index contributed by atoms with van der Waals surface area (Å²) in [6.07, 6.45) is 0. The van der Waals surface area contributed by atoms with Crippen molar-refractivity contribution < 1.29 is 21.8 Å². The lowest BCUT2D eigenvalue weighted by molar-refractivity contribution is -0.634. The van der Waals surface area contributed by atoms with Crippen LogP contribution in [0.15, 0.2) is 77.3 Å². The number of hydrogen-bond acceptors (Lipinski definition) is 1. The Morgan fingerprint density at radius 3 is 2.03 bits per heavy atom. The third-order valence-corrected chi connectivity index (χ3v) is 5.64. The van der Waals surface area contributed by atoms with Gasteiger partial charge in [0.2, 0.25) is 0 Å². The minimum Gasteiger partial charge on any atom is -0.418 e. The minimum atomic E-state index is -6.00. The highest BCUT2D eigenvalue weighted by Gasteiger charge is 2.27. The van der Waals surface area contributed by atoms with Crippen molar-refractivity contribution in [1.29, 1.82) is 0 Å². The molecule has 32 heavy (non-hydrogen) atoms. The molecule has 0 aliphatic rings. The Morgan fingerprint density at radius 1 is 0.844 bits per heavy atom. The summed E-state index contributed by atoms with van der Waals surface area (Å²) in [5, 5.41) is 6.18. The van der Waals surface area contributed by atoms with Crippen LogP contribution in [0.25, 0.3) is 39.1 Å². The zero-order chi connectivity index (χ0) is 23.0. The molecule has 0 unspecified atom stereocenters. The Kier molecular flexibility index (Phi) is 5.81. The van der Waals surface area contributed by atoms with Crippen LogP contribution in [-0.2, 0) is 14.1 Å². The molecule has 164 valence electrons. The van der Waals surface area contributed by atoms with Gasteiger partial charge in [0, 0.05) is 9.86 Å². The van der Waals surface area contributed by atoms with Crippen LogP contribution < -0.4 is 4.57 Å². The maximum absolute atomic E-state index is 9.75. The number of benzene rings is 3. The highest BCUT2D eigenvalue weighted by Crippen LogP contribution is 2.30. The van der Waals surface area contributed by atoms with Crippen LogP contribution in [0.5, 0.6) is 0 Å². The fraction of sp³-hybridized carbons (Fsp3) is 0.0909. The monoisotopic (exact) mass is 504 g/mol. The van der Waals surface area contributed by atoms with Crippen LogP contribution >= 0.6 is 15.9 Å². The number of aromatic nitrogens is 4. The summed E-state index contributed by atoms with van der Waals surface area (Å²) in [5.41, 5.74) is 5.51. The van der Waals surface area contributed by atoms with Crippen molar-refractivity contribution in [3.63, 3.8) is 0 Å². The van der Waals surface area contributed by atoms with Crippen LogP contribution in [0.4, 0.5) is 17.3 Å². The van der Waals surface area contributed by atoms with E-state index in [1.54, 1.807) is 0 Å². The predicted octanol–water partition coefficient (Wildman–Crippen LogP) is 6.07. The van der Waals surface area contributed by atoms with Crippen molar-refractivity contribution in [1.82, 2.24) is 14.3 Å². The largest absolute Gasteiger partial charge is 0.673 e. The Balaban J connectivity index is 0.000000444. The van der Waals surface area contributed by atoms with E-state index in [1.165, 1.54) is 11.0 Å². The quantitative estimate of drug-likeness (QED) is 0.163. The van der Waals surface area contributed by atoms with Crippen LogP contribution in [0.1, 0.15) is 0 Å². The lowest BCUT2D eigenvalue weighted by Crippen LogP contribution is -2.30. The lowest BCUT2D eigenvalue weighted by Gasteiger charge is -2.03. The molecular weight excluding hydrogens is 487 g/mol. The van der Waals surface area contributed by atoms with Gasteiger partial charge in [0.1, 0.15) is 0 Å². The van der Waals surface area contributed by atoms with Crippen molar-refractivity contribution in [3.8, 4) is 17.2 Å². The molecule has 0 aliphatic carbocycles. The van der Waals surface area contributed by atoms with E-state index in [2.05, 4.69) is 99.8 Å². The number of rotatable bonds is 2. The van der Waals surface area contributed by atoms with E-state index >= 15 is 0 Å². The molecule has 2 aromatic heterocycles. The highest BCUT2D eigenvalue weighted by atomic mass is 79.9. The highest BCUT2D eigenvalue weighted by molar-refractivity contribution is 9.10. The number of hydrogen-bond donors (Lipinski definition) is 0. The van der Waals surface area contributed by atoms with Gasteiger partial charge in [0.15, 0.2) is 16.7 Å². The van der Waals surface area contributed by atoms with Crippen molar-refractivity contribution >= 4 is 45.1 Å². The average molecular weight is 505 g/mol. The number of para-hydroxylation sites is 3. The van der Waals surface area contributed by atoms with Crippen molar-refractivity contribution in [2.75, 3.05) is 0 Å². The molecule has 2 heterocycles. The fourth-order valence-electron chi connectivity index (χ4n) is 3.81. The molecule has 4 nitrogen and oxygen atoms in total. The Hall–Kier alpha value is -3.14. The van der Waals surface area contributed by atoms with E-state index in [4.69, 9.17) is 5.10 Å². The first-order chi connectivity index (χ1) is 15.1. The molecule has 0 spiro atoms. The standard InChI is InChI=1S/C22H18BrN4.BF4/c1-25-19-9-5-6-10-20(19)26(2)22(25)21-17-7-3-4-8-18(17)27(24-21)16-13-11-15(23)12-14-16;2-1(3,4)5/h3-14H,1-2H3;/q+1;-1. The summed E-state index contributed by atoms with van der Waals surface area (Å²) >= 11 is 3.51. The molecule has 3 aromatic carbocycles. The van der Waals surface area contributed by atoms with E-state index in [1.807, 2.05) is 16.8 Å². The van der Waals surface area contributed by atoms with E-state index < -0.39 is 7.25 Å². The second-order valence-corrected chi connectivity index (χ2v) is 8.09. The van der Waals surface area contributed by atoms with E-state index in [0.29, 0.717) is 0 Å². The molecule has 0 radical (unpaired) electrons. The summed E-state index contributed by atoms with van der Waals surface area (Å²) < 4.78 is 46.5. The van der Waals surface area contributed by atoms with Gasteiger partial charge >= 0.3 is 13.1 Å². The first-order valence-electron chi connectivity index (χ1n) is 9.70. The predicted molar refractivity (Wildman–Crippen MR) is 122 cm³/mol. The fourth-order valence-corrected chi connectivity index (χ4v) is 4.08. The Labute approximate surface area is 189 Å². The van der Waals surface area contributed by atoms with Gasteiger partial charge in [-0.25, -0.2) is 13.8 Å². The van der Waals surface area contributed by atoms with Gasteiger partial charge in [-0.3, -0.25) is 0 Å². The number of halogens is 5. The Bertz CT molecular complexity index is 1360. The number of aryl methyl sites for hydroxylation is 2. The van der Waals surface area contributed by atoms with Crippen molar-refractivity contribution in [3.05, 3.63) is 77.3 Å². The zero-order valence-electron chi connectivity index (χ0n) is 17.2. The molecule has 0 saturated heterocycles. The molecule has 0 saturated carbocycles. The molecule has 0 fully saturated rings. The maximum Gasteiger partial charge on any atom is 0.673 e. The van der Waals surface area contributed by atoms with Gasteiger partial charge in [0.25, 0.3) is 0 Å². The topological polar surface area (TPSA) is 26.6 Å². The van der Waals surface area contributed by atoms with Crippen LogP contribution in [-0.4, -0.2) is 21.6 Å². The normalized spacial score (nSPS) is 11.6. The van der Waals surface area contributed by atoms with Crippen LogP contribution in [0.2, 0.25) is 0 Å². The van der Waals surface area contributed by atoms with Crippen LogP contribution in [0, 0.1) is 0 Å². The summed E-state index contributed by atoms with van der Waals surface area (Å²) in [5.74, 6) is 1.09. The SMILES string of the molecule is Cn1c(-c2nn(-c3ccc(Br)cc3)c3ccccc23)[n+](C)c2ccccc21.F[B-](F)(F)F. The molecule has 0 N–H and O–H groups in total. The summed E-state index contributed by atoms with van der Waals surface area (Å²) in [6, 6.07) is 25.1. The average Bonchev–Trinajstić information content (AvgIpc) is 3.23. The molecule has 5 rings (SSSR count). The smallest absolute Gasteiger partial charge is 0.418 e. The molecule has 0 bridgehead atoms. The molecule has 0 atom stereocenters. The molecular formula is C22H18BBrF4N4. The second-order valence-electron chi connectivity index (χ2n) is 7.18. The first kappa shape index (κ1) is 22.1. The Morgan fingerprint density at radius 2 is 1.41 bits per heavy atom. The van der Waals surface area contributed by atoms with Gasteiger partial charge in [0.05, 0.1) is 25.3 Å². The van der Waals surface area contributed by atoms with Crippen molar-refractivity contribution in [2.24, 2.45) is 14.1 Å².